The highest BCUT2D eigenvalue weighted by atomic mass is 79.9. The summed E-state index contributed by atoms with van der Waals surface area (Å²) in [4.78, 5) is 4.79. The standard InChI is InChI=1S/C18H20BrFN2/c19-17-7-6-16(18(20)12-17)14-22-10-8-21(9-11-22)13-15-4-2-1-3-5-15/h1-7,12H,8-11,13-14H2. The molecule has 1 aliphatic rings. The molecule has 0 bridgehead atoms. The van der Waals surface area contributed by atoms with Crippen molar-refractivity contribution in [3.8, 4) is 0 Å². The molecule has 0 aliphatic carbocycles. The van der Waals surface area contributed by atoms with Crippen LogP contribution in [-0.2, 0) is 13.1 Å². The van der Waals surface area contributed by atoms with Gasteiger partial charge in [0.1, 0.15) is 5.82 Å². The zero-order chi connectivity index (χ0) is 15.4. The molecule has 2 nitrogen and oxygen atoms in total. The number of piperazine rings is 1. The fourth-order valence-electron chi connectivity index (χ4n) is 2.84. The van der Waals surface area contributed by atoms with Gasteiger partial charge >= 0.3 is 0 Å². The Bertz CT molecular complexity index is 610. The van der Waals surface area contributed by atoms with Crippen LogP contribution in [0.5, 0.6) is 0 Å². The molecule has 1 aliphatic heterocycles. The molecule has 0 saturated carbocycles. The van der Waals surface area contributed by atoms with Crippen molar-refractivity contribution < 1.29 is 4.39 Å². The molecule has 2 aromatic rings. The highest BCUT2D eigenvalue weighted by Gasteiger charge is 2.18. The van der Waals surface area contributed by atoms with Gasteiger partial charge in [0.15, 0.2) is 0 Å². The second kappa shape index (κ2) is 7.36. The molecule has 3 rings (SSSR count). The fourth-order valence-corrected chi connectivity index (χ4v) is 3.17. The number of halogens is 2. The molecule has 0 amide bonds. The van der Waals surface area contributed by atoms with Gasteiger partial charge in [-0.2, -0.15) is 0 Å². The molecule has 0 spiro atoms. The van der Waals surface area contributed by atoms with E-state index in [1.54, 1.807) is 6.07 Å². The van der Waals surface area contributed by atoms with E-state index >= 15 is 0 Å². The van der Waals surface area contributed by atoms with Crippen molar-refractivity contribution in [2.45, 2.75) is 13.1 Å². The van der Waals surface area contributed by atoms with Crippen LogP contribution in [0.2, 0.25) is 0 Å². The predicted molar refractivity (Wildman–Crippen MR) is 91.1 cm³/mol. The first kappa shape index (κ1) is 15.7. The lowest BCUT2D eigenvalue weighted by atomic mass is 10.1. The van der Waals surface area contributed by atoms with Gasteiger partial charge in [-0.3, -0.25) is 9.80 Å². The zero-order valence-electron chi connectivity index (χ0n) is 12.5. The van der Waals surface area contributed by atoms with E-state index in [0.29, 0.717) is 6.54 Å². The first-order valence-corrected chi connectivity index (χ1v) is 8.42. The maximum atomic E-state index is 13.9. The molecule has 116 valence electrons. The number of hydrogen-bond donors (Lipinski definition) is 0. The van der Waals surface area contributed by atoms with Gasteiger partial charge in [-0.05, 0) is 17.7 Å². The first-order chi connectivity index (χ1) is 10.7. The van der Waals surface area contributed by atoms with Gasteiger partial charge in [-0.15, -0.1) is 0 Å². The van der Waals surface area contributed by atoms with Crippen molar-refractivity contribution >= 4 is 15.9 Å². The quantitative estimate of drug-likeness (QED) is 0.813. The largest absolute Gasteiger partial charge is 0.297 e. The van der Waals surface area contributed by atoms with Gasteiger partial charge < -0.3 is 0 Å². The minimum Gasteiger partial charge on any atom is -0.297 e. The number of rotatable bonds is 4. The van der Waals surface area contributed by atoms with Gasteiger partial charge in [0.05, 0.1) is 0 Å². The summed E-state index contributed by atoms with van der Waals surface area (Å²) in [5, 5.41) is 0. The second-order valence-corrected chi connectivity index (χ2v) is 6.69. The van der Waals surface area contributed by atoms with Crippen LogP contribution in [-0.4, -0.2) is 36.0 Å². The highest BCUT2D eigenvalue weighted by molar-refractivity contribution is 9.10. The van der Waals surface area contributed by atoms with Crippen molar-refractivity contribution in [3.05, 3.63) is 69.9 Å². The molecular weight excluding hydrogens is 343 g/mol. The Morgan fingerprint density at radius 1 is 0.864 bits per heavy atom. The molecule has 0 unspecified atom stereocenters. The minimum absolute atomic E-state index is 0.124. The van der Waals surface area contributed by atoms with Gasteiger partial charge in [-0.25, -0.2) is 4.39 Å². The SMILES string of the molecule is Fc1cc(Br)ccc1CN1CCN(Cc2ccccc2)CC1. The van der Waals surface area contributed by atoms with E-state index in [1.165, 1.54) is 5.56 Å². The van der Waals surface area contributed by atoms with E-state index in [0.717, 1.165) is 42.8 Å². The summed E-state index contributed by atoms with van der Waals surface area (Å²) in [5.74, 6) is -0.124. The van der Waals surface area contributed by atoms with Gasteiger partial charge in [-0.1, -0.05) is 52.3 Å². The molecule has 0 radical (unpaired) electrons. The van der Waals surface area contributed by atoms with Gasteiger partial charge in [0.2, 0.25) is 0 Å². The Balaban J connectivity index is 1.51. The maximum Gasteiger partial charge on any atom is 0.128 e. The normalized spacial score (nSPS) is 16.8. The van der Waals surface area contributed by atoms with E-state index in [1.807, 2.05) is 18.2 Å². The summed E-state index contributed by atoms with van der Waals surface area (Å²) in [6, 6.07) is 15.9. The molecule has 1 heterocycles. The van der Waals surface area contributed by atoms with Gasteiger partial charge in [0, 0.05) is 49.3 Å². The monoisotopic (exact) mass is 362 g/mol. The number of nitrogens with zero attached hydrogens (tertiary/aromatic N) is 2. The molecular formula is C18H20BrFN2. The molecule has 1 fully saturated rings. The first-order valence-electron chi connectivity index (χ1n) is 7.63. The van der Waals surface area contributed by atoms with E-state index < -0.39 is 0 Å². The van der Waals surface area contributed by atoms with Crippen LogP contribution >= 0.6 is 15.9 Å². The lowest BCUT2D eigenvalue weighted by Gasteiger charge is -2.34. The van der Waals surface area contributed by atoms with Crippen LogP contribution in [0.3, 0.4) is 0 Å². The average Bonchev–Trinajstić information content (AvgIpc) is 2.53. The van der Waals surface area contributed by atoms with Crippen molar-refractivity contribution in [2.75, 3.05) is 26.2 Å². The molecule has 22 heavy (non-hydrogen) atoms. The average molecular weight is 363 g/mol. The minimum atomic E-state index is -0.124. The van der Waals surface area contributed by atoms with Crippen LogP contribution in [0.4, 0.5) is 4.39 Å². The second-order valence-electron chi connectivity index (χ2n) is 5.77. The van der Waals surface area contributed by atoms with Crippen LogP contribution in [0.25, 0.3) is 0 Å². The smallest absolute Gasteiger partial charge is 0.128 e. The fraction of sp³-hybridized carbons (Fsp3) is 0.333. The summed E-state index contributed by atoms with van der Waals surface area (Å²) in [7, 11) is 0. The van der Waals surface area contributed by atoms with E-state index in [9.17, 15) is 4.39 Å². The Hall–Kier alpha value is -1.23. The summed E-state index contributed by atoms with van der Waals surface area (Å²) in [6.45, 7) is 5.74. The third kappa shape index (κ3) is 4.15. The maximum absolute atomic E-state index is 13.9. The molecule has 0 aromatic heterocycles. The highest BCUT2D eigenvalue weighted by Crippen LogP contribution is 2.18. The zero-order valence-corrected chi connectivity index (χ0v) is 14.1. The molecule has 4 heteroatoms. The Morgan fingerprint density at radius 2 is 1.50 bits per heavy atom. The van der Waals surface area contributed by atoms with Crippen LogP contribution in [0, 0.1) is 5.82 Å². The van der Waals surface area contributed by atoms with Crippen molar-refractivity contribution in [2.24, 2.45) is 0 Å². The van der Waals surface area contributed by atoms with E-state index in [4.69, 9.17) is 0 Å². The Kier molecular flexibility index (Phi) is 5.24. The topological polar surface area (TPSA) is 6.48 Å². The predicted octanol–water partition coefficient (Wildman–Crippen LogP) is 3.91. The Morgan fingerprint density at radius 3 is 2.14 bits per heavy atom. The van der Waals surface area contributed by atoms with Crippen molar-refractivity contribution in [1.29, 1.82) is 0 Å². The molecule has 1 saturated heterocycles. The molecule has 2 aromatic carbocycles. The summed E-state index contributed by atoms with van der Waals surface area (Å²) in [6.07, 6.45) is 0. The molecule has 0 N–H and O–H groups in total. The lowest BCUT2D eigenvalue weighted by Crippen LogP contribution is -2.45. The summed E-state index contributed by atoms with van der Waals surface area (Å²) >= 11 is 3.30. The third-order valence-electron chi connectivity index (χ3n) is 4.12. The van der Waals surface area contributed by atoms with Crippen molar-refractivity contribution in [1.82, 2.24) is 9.80 Å². The van der Waals surface area contributed by atoms with Crippen molar-refractivity contribution in [3.63, 3.8) is 0 Å². The van der Waals surface area contributed by atoms with Crippen LogP contribution in [0.1, 0.15) is 11.1 Å². The summed E-state index contributed by atoms with van der Waals surface area (Å²) in [5.41, 5.74) is 2.13. The van der Waals surface area contributed by atoms with Crippen LogP contribution < -0.4 is 0 Å². The van der Waals surface area contributed by atoms with E-state index in [-0.39, 0.29) is 5.82 Å². The van der Waals surface area contributed by atoms with Gasteiger partial charge in [0.25, 0.3) is 0 Å². The van der Waals surface area contributed by atoms with E-state index in [2.05, 4.69) is 50.0 Å². The number of benzene rings is 2. The summed E-state index contributed by atoms with van der Waals surface area (Å²) < 4.78 is 14.7. The number of hydrogen-bond acceptors (Lipinski definition) is 2. The Labute approximate surface area is 139 Å². The molecule has 0 atom stereocenters. The lowest BCUT2D eigenvalue weighted by molar-refractivity contribution is 0.121. The van der Waals surface area contributed by atoms with Crippen LogP contribution in [0.15, 0.2) is 53.0 Å². The third-order valence-corrected chi connectivity index (χ3v) is 4.62.